The molecule has 0 unspecified atom stereocenters. The summed E-state index contributed by atoms with van der Waals surface area (Å²) in [4.78, 5) is 4.34. The van der Waals surface area contributed by atoms with E-state index in [1.807, 2.05) is 29.7 Å². The van der Waals surface area contributed by atoms with E-state index in [2.05, 4.69) is 4.98 Å². The van der Waals surface area contributed by atoms with Gasteiger partial charge in [-0.2, -0.15) is 0 Å². The summed E-state index contributed by atoms with van der Waals surface area (Å²) in [6, 6.07) is 5.56. The molecule has 1 aromatic heterocycles. The van der Waals surface area contributed by atoms with Gasteiger partial charge in [0.1, 0.15) is 23.0 Å². The number of nitrogens with zero attached hydrogens (tertiary/aromatic N) is 2. The zero-order valence-corrected chi connectivity index (χ0v) is 10.8. The summed E-state index contributed by atoms with van der Waals surface area (Å²) in [5.41, 5.74) is 7.62. The lowest BCUT2D eigenvalue weighted by atomic mass is 10.1. The monoisotopic (exact) mass is 247 g/mol. The number of aryl methyl sites for hydroxylation is 1. The van der Waals surface area contributed by atoms with Crippen LogP contribution in [0, 0.1) is 0 Å². The van der Waals surface area contributed by atoms with E-state index in [1.165, 1.54) is 0 Å². The summed E-state index contributed by atoms with van der Waals surface area (Å²) in [6.07, 6.45) is 1.73. The number of aromatic nitrogens is 2. The molecule has 0 aliphatic rings. The van der Waals surface area contributed by atoms with Gasteiger partial charge in [0.05, 0.1) is 20.5 Å². The van der Waals surface area contributed by atoms with Gasteiger partial charge in [-0.1, -0.05) is 0 Å². The molecule has 2 aromatic rings. The predicted molar refractivity (Wildman–Crippen MR) is 70.9 cm³/mol. The van der Waals surface area contributed by atoms with Crippen LogP contribution < -0.4 is 15.2 Å². The van der Waals surface area contributed by atoms with Gasteiger partial charge >= 0.3 is 0 Å². The molecule has 1 heterocycles. The van der Waals surface area contributed by atoms with Crippen molar-refractivity contribution in [2.45, 2.75) is 13.5 Å². The van der Waals surface area contributed by atoms with Crippen molar-refractivity contribution in [1.82, 2.24) is 9.55 Å². The Morgan fingerprint density at radius 2 is 2.06 bits per heavy atom. The van der Waals surface area contributed by atoms with Crippen LogP contribution in [-0.4, -0.2) is 23.8 Å². The zero-order chi connectivity index (χ0) is 13.1. The first-order chi connectivity index (χ1) is 8.71. The lowest BCUT2D eigenvalue weighted by Gasteiger charge is -2.09. The molecule has 0 spiro atoms. The van der Waals surface area contributed by atoms with Crippen molar-refractivity contribution in [1.29, 1.82) is 0 Å². The maximum Gasteiger partial charge on any atom is 0.131 e. The Labute approximate surface area is 106 Å². The summed E-state index contributed by atoms with van der Waals surface area (Å²) < 4.78 is 12.4. The van der Waals surface area contributed by atoms with Crippen LogP contribution in [0.4, 0.5) is 5.82 Å². The molecular formula is C13H17N3O2. The molecule has 0 saturated carbocycles. The highest BCUT2D eigenvalue weighted by Crippen LogP contribution is 2.35. The van der Waals surface area contributed by atoms with E-state index in [9.17, 15) is 0 Å². The number of hydrogen-bond acceptors (Lipinski definition) is 4. The van der Waals surface area contributed by atoms with Gasteiger partial charge in [0.2, 0.25) is 0 Å². The number of benzene rings is 1. The van der Waals surface area contributed by atoms with Crippen LogP contribution in [0.3, 0.4) is 0 Å². The van der Waals surface area contributed by atoms with Gasteiger partial charge in [0.25, 0.3) is 0 Å². The Balaban J connectivity index is 2.57. The second-order valence-electron chi connectivity index (χ2n) is 3.83. The smallest absolute Gasteiger partial charge is 0.131 e. The third-order valence-corrected chi connectivity index (χ3v) is 2.88. The number of anilines is 1. The van der Waals surface area contributed by atoms with Crippen molar-refractivity contribution < 1.29 is 9.47 Å². The number of nitrogens with two attached hydrogens (primary N) is 1. The number of hydrogen-bond donors (Lipinski definition) is 1. The van der Waals surface area contributed by atoms with Gasteiger partial charge < -0.3 is 19.8 Å². The molecule has 0 radical (unpaired) electrons. The molecule has 2 rings (SSSR count). The van der Waals surface area contributed by atoms with Gasteiger partial charge in [-0.05, 0) is 25.1 Å². The first-order valence-electron chi connectivity index (χ1n) is 5.74. The second kappa shape index (κ2) is 5.00. The third-order valence-electron chi connectivity index (χ3n) is 2.88. The Hall–Kier alpha value is -2.17. The Bertz CT molecular complexity index is 549. The number of methoxy groups -OCH3 is 2. The lowest BCUT2D eigenvalue weighted by Crippen LogP contribution is -2.00. The molecule has 2 N–H and O–H groups in total. The second-order valence-corrected chi connectivity index (χ2v) is 3.83. The summed E-state index contributed by atoms with van der Waals surface area (Å²) in [7, 11) is 3.25. The van der Waals surface area contributed by atoms with Gasteiger partial charge in [0, 0.05) is 12.1 Å². The number of rotatable bonds is 4. The molecule has 0 amide bonds. The quantitative estimate of drug-likeness (QED) is 0.899. The number of nitrogen functional groups attached to an aromatic ring is 1. The average Bonchev–Trinajstić information content (AvgIpc) is 2.78. The maximum absolute atomic E-state index is 6.07. The van der Waals surface area contributed by atoms with Gasteiger partial charge in [-0.25, -0.2) is 4.98 Å². The van der Waals surface area contributed by atoms with Crippen LogP contribution >= 0.6 is 0 Å². The molecule has 0 atom stereocenters. The molecule has 0 saturated heterocycles. The van der Waals surface area contributed by atoms with E-state index in [-0.39, 0.29) is 0 Å². The van der Waals surface area contributed by atoms with Crippen molar-refractivity contribution in [3.63, 3.8) is 0 Å². The van der Waals surface area contributed by atoms with Gasteiger partial charge in [-0.3, -0.25) is 0 Å². The molecule has 0 fully saturated rings. The minimum absolute atomic E-state index is 0.629. The molecule has 18 heavy (non-hydrogen) atoms. The Kier molecular flexibility index (Phi) is 3.41. The van der Waals surface area contributed by atoms with E-state index in [0.717, 1.165) is 23.6 Å². The first-order valence-corrected chi connectivity index (χ1v) is 5.74. The Morgan fingerprint density at radius 1 is 1.28 bits per heavy atom. The van der Waals surface area contributed by atoms with E-state index in [1.54, 1.807) is 20.5 Å². The topological polar surface area (TPSA) is 62.3 Å². The molecule has 0 aliphatic carbocycles. The van der Waals surface area contributed by atoms with Crippen LogP contribution in [0.2, 0.25) is 0 Å². The van der Waals surface area contributed by atoms with Crippen LogP contribution in [-0.2, 0) is 6.54 Å². The summed E-state index contributed by atoms with van der Waals surface area (Å²) in [5, 5.41) is 0. The largest absolute Gasteiger partial charge is 0.497 e. The van der Waals surface area contributed by atoms with E-state index >= 15 is 0 Å². The molecule has 0 aliphatic heterocycles. The lowest BCUT2D eigenvalue weighted by molar-refractivity contribution is 0.404. The third kappa shape index (κ3) is 1.99. The molecule has 5 nitrogen and oxygen atoms in total. The fraction of sp³-hybridized carbons (Fsp3) is 0.308. The Morgan fingerprint density at radius 3 is 2.61 bits per heavy atom. The van der Waals surface area contributed by atoms with Crippen molar-refractivity contribution >= 4 is 5.82 Å². The highest BCUT2D eigenvalue weighted by atomic mass is 16.5. The minimum atomic E-state index is 0.629. The first kappa shape index (κ1) is 12.3. The maximum atomic E-state index is 6.07. The van der Waals surface area contributed by atoms with Crippen molar-refractivity contribution in [2.24, 2.45) is 0 Å². The standard InChI is InChI=1S/C13H17N3O2/c1-4-16-8-15-12(13(16)14)10-7-9(17-2)5-6-11(10)18-3/h5-8H,4,14H2,1-3H3. The highest BCUT2D eigenvalue weighted by Gasteiger charge is 2.14. The van der Waals surface area contributed by atoms with E-state index in [0.29, 0.717) is 11.5 Å². The van der Waals surface area contributed by atoms with Crippen molar-refractivity contribution in [3.8, 4) is 22.8 Å². The van der Waals surface area contributed by atoms with E-state index in [4.69, 9.17) is 15.2 Å². The summed E-state index contributed by atoms with van der Waals surface area (Å²) >= 11 is 0. The molecular weight excluding hydrogens is 230 g/mol. The van der Waals surface area contributed by atoms with Crippen molar-refractivity contribution in [2.75, 3.05) is 20.0 Å². The van der Waals surface area contributed by atoms with E-state index < -0.39 is 0 Å². The highest BCUT2D eigenvalue weighted by molar-refractivity contribution is 5.76. The molecule has 0 bridgehead atoms. The number of imidazole rings is 1. The fourth-order valence-corrected chi connectivity index (χ4v) is 1.85. The average molecular weight is 247 g/mol. The van der Waals surface area contributed by atoms with Crippen molar-refractivity contribution in [3.05, 3.63) is 24.5 Å². The van der Waals surface area contributed by atoms with Crippen LogP contribution in [0.1, 0.15) is 6.92 Å². The normalized spacial score (nSPS) is 10.4. The molecule has 1 aromatic carbocycles. The SMILES string of the molecule is CCn1cnc(-c2cc(OC)ccc2OC)c1N. The zero-order valence-electron chi connectivity index (χ0n) is 10.8. The fourth-order valence-electron chi connectivity index (χ4n) is 1.85. The summed E-state index contributed by atoms with van der Waals surface area (Å²) in [5.74, 6) is 2.10. The van der Waals surface area contributed by atoms with Gasteiger partial charge in [-0.15, -0.1) is 0 Å². The predicted octanol–water partition coefficient (Wildman–Crippen LogP) is 2.17. The van der Waals surface area contributed by atoms with Crippen LogP contribution in [0.15, 0.2) is 24.5 Å². The molecule has 5 heteroatoms. The van der Waals surface area contributed by atoms with Gasteiger partial charge in [0.15, 0.2) is 0 Å². The minimum Gasteiger partial charge on any atom is -0.497 e. The van der Waals surface area contributed by atoms with Crippen LogP contribution in [0.5, 0.6) is 11.5 Å². The molecule has 96 valence electrons. The summed E-state index contributed by atoms with van der Waals surface area (Å²) in [6.45, 7) is 2.80. The number of ether oxygens (including phenoxy) is 2. The van der Waals surface area contributed by atoms with Crippen LogP contribution in [0.25, 0.3) is 11.3 Å².